The lowest BCUT2D eigenvalue weighted by atomic mass is 10.3. The summed E-state index contributed by atoms with van der Waals surface area (Å²) < 4.78 is 0.964. The fourth-order valence-corrected chi connectivity index (χ4v) is 2.17. The van der Waals surface area contributed by atoms with E-state index in [-0.39, 0.29) is 10.4 Å². The van der Waals surface area contributed by atoms with Crippen molar-refractivity contribution in [2.45, 2.75) is 0 Å². The maximum atomic E-state index is 11.5. The van der Waals surface area contributed by atoms with Crippen molar-refractivity contribution >= 4 is 56.4 Å². The Morgan fingerprint density at radius 3 is 2.86 bits per heavy atom. The standard InChI is InChI=1S/C8H6BrCl2NOS/c9-7-5(2-4-14-7)8(13)12-3-1-6(10)11/h1-2,4H,3H2,(H,12,13). The molecule has 2 nitrogen and oxygen atoms in total. The average molecular weight is 315 g/mol. The van der Waals surface area contributed by atoms with Gasteiger partial charge in [-0.15, -0.1) is 11.3 Å². The highest BCUT2D eigenvalue weighted by atomic mass is 79.9. The van der Waals surface area contributed by atoms with E-state index in [4.69, 9.17) is 23.2 Å². The highest BCUT2D eigenvalue weighted by Gasteiger charge is 2.09. The van der Waals surface area contributed by atoms with Crippen LogP contribution >= 0.6 is 50.5 Å². The van der Waals surface area contributed by atoms with Gasteiger partial charge in [0.2, 0.25) is 0 Å². The lowest BCUT2D eigenvalue weighted by Gasteiger charge is -1.99. The van der Waals surface area contributed by atoms with Crippen LogP contribution in [0.4, 0.5) is 0 Å². The van der Waals surface area contributed by atoms with Crippen molar-refractivity contribution in [3.8, 4) is 0 Å². The topological polar surface area (TPSA) is 29.1 Å². The van der Waals surface area contributed by atoms with Crippen molar-refractivity contribution < 1.29 is 4.79 Å². The maximum absolute atomic E-state index is 11.5. The maximum Gasteiger partial charge on any atom is 0.253 e. The van der Waals surface area contributed by atoms with Crippen LogP contribution in [0.25, 0.3) is 0 Å². The largest absolute Gasteiger partial charge is 0.348 e. The Kier molecular flexibility index (Phi) is 4.95. The molecule has 0 aliphatic heterocycles. The first-order valence-electron chi connectivity index (χ1n) is 3.63. The number of thiophene rings is 1. The van der Waals surface area contributed by atoms with E-state index in [1.54, 1.807) is 6.07 Å². The molecule has 76 valence electrons. The molecule has 0 atom stereocenters. The highest BCUT2D eigenvalue weighted by Crippen LogP contribution is 2.22. The summed E-state index contributed by atoms with van der Waals surface area (Å²) in [5.74, 6) is -0.149. The molecule has 6 heteroatoms. The van der Waals surface area contributed by atoms with E-state index in [1.165, 1.54) is 17.4 Å². The number of amides is 1. The molecule has 0 aromatic carbocycles. The summed E-state index contributed by atoms with van der Waals surface area (Å²) in [6.45, 7) is 0.323. The minimum atomic E-state index is -0.149. The SMILES string of the molecule is O=C(NCC=C(Cl)Cl)c1ccsc1Br. The zero-order valence-corrected chi connectivity index (χ0v) is 10.8. The Morgan fingerprint density at radius 2 is 2.36 bits per heavy atom. The summed E-state index contributed by atoms with van der Waals surface area (Å²) in [5, 5.41) is 4.49. The zero-order valence-electron chi connectivity index (χ0n) is 6.89. The van der Waals surface area contributed by atoms with Gasteiger partial charge in [0.05, 0.1) is 9.35 Å². The van der Waals surface area contributed by atoms with Crippen molar-refractivity contribution in [1.29, 1.82) is 0 Å². The predicted molar refractivity (Wildman–Crippen MR) is 64.1 cm³/mol. The Balaban J connectivity index is 2.52. The van der Waals surface area contributed by atoms with Gasteiger partial charge in [-0.2, -0.15) is 0 Å². The molecule has 0 saturated carbocycles. The Hall–Kier alpha value is -0.0300. The number of halogens is 3. The van der Waals surface area contributed by atoms with Crippen molar-refractivity contribution in [3.63, 3.8) is 0 Å². The first kappa shape index (κ1) is 12.0. The second-order valence-electron chi connectivity index (χ2n) is 2.31. The molecule has 1 rings (SSSR count). The second-order valence-corrected chi connectivity index (χ2v) is 5.55. The van der Waals surface area contributed by atoms with E-state index in [0.717, 1.165) is 3.79 Å². The molecule has 0 bridgehead atoms. The lowest BCUT2D eigenvalue weighted by Crippen LogP contribution is -2.23. The van der Waals surface area contributed by atoms with Crippen LogP contribution in [-0.4, -0.2) is 12.5 Å². The van der Waals surface area contributed by atoms with Gasteiger partial charge in [0.15, 0.2) is 0 Å². The van der Waals surface area contributed by atoms with E-state index < -0.39 is 0 Å². The summed E-state index contributed by atoms with van der Waals surface area (Å²) in [4.78, 5) is 11.5. The molecule has 1 amide bonds. The Morgan fingerprint density at radius 1 is 1.64 bits per heavy atom. The van der Waals surface area contributed by atoms with Gasteiger partial charge in [0.25, 0.3) is 5.91 Å². The minimum absolute atomic E-state index is 0.148. The third-order valence-corrected chi connectivity index (χ3v) is 3.38. The zero-order chi connectivity index (χ0) is 10.6. The molecule has 14 heavy (non-hydrogen) atoms. The van der Waals surface area contributed by atoms with Crippen LogP contribution in [0.5, 0.6) is 0 Å². The molecule has 0 aliphatic carbocycles. The van der Waals surface area contributed by atoms with E-state index in [2.05, 4.69) is 21.2 Å². The van der Waals surface area contributed by atoms with E-state index in [0.29, 0.717) is 12.1 Å². The molecule has 1 aromatic heterocycles. The average Bonchev–Trinajstić information content (AvgIpc) is 2.50. The van der Waals surface area contributed by atoms with Gasteiger partial charge >= 0.3 is 0 Å². The van der Waals surface area contributed by atoms with E-state index in [1.807, 2.05) is 5.38 Å². The number of nitrogens with one attached hydrogen (secondary N) is 1. The smallest absolute Gasteiger partial charge is 0.253 e. The third-order valence-electron chi connectivity index (χ3n) is 1.38. The molecule has 1 heterocycles. The van der Waals surface area contributed by atoms with E-state index >= 15 is 0 Å². The van der Waals surface area contributed by atoms with Gasteiger partial charge in [-0.3, -0.25) is 4.79 Å². The fraction of sp³-hybridized carbons (Fsp3) is 0.125. The van der Waals surface area contributed by atoms with Crippen molar-refractivity contribution in [2.75, 3.05) is 6.54 Å². The number of hydrogen-bond donors (Lipinski definition) is 1. The molecule has 0 radical (unpaired) electrons. The number of carbonyl (C=O) groups excluding carboxylic acids is 1. The first-order valence-corrected chi connectivity index (χ1v) is 6.06. The molecule has 0 spiro atoms. The third kappa shape index (κ3) is 3.61. The van der Waals surface area contributed by atoms with Crippen LogP contribution < -0.4 is 5.32 Å². The van der Waals surface area contributed by atoms with Gasteiger partial charge in [0, 0.05) is 6.54 Å². The van der Waals surface area contributed by atoms with Crippen LogP contribution in [0.3, 0.4) is 0 Å². The van der Waals surface area contributed by atoms with Crippen molar-refractivity contribution in [1.82, 2.24) is 5.32 Å². The van der Waals surface area contributed by atoms with Crippen molar-refractivity contribution in [2.24, 2.45) is 0 Å². The van der Waals surface area contributed by atoms with Crippen LogP contribution in [0.2, 0.25) is 0 Å². The summed E-state index contributed by atoms with van der Waals surface area (Å²) in [7, 11) is 0. The molecule has 1 aromatic rings. The molecular weight excluding hydrogens is 309 g/mol. The van der Waals surface area contributed by atoms with Crippen LogP contribution in [0, 0.1) is 0 Å². The summed E-state index contributed by atoms with van der Waals surface area (Å²) in [6.07, 6.45) is 1.52. The van der Waals surface area contributed by atoms with Gasteiger partial charge < -0.3 is 5.32 Å². The Bertz CT molecular complexity index is 360. The number of hydrogen-bond acceptors (Lipinski definition) is 2. The van der Waals surface area contributed by atoms with Gasteiger partial charge in [-0.05, 0) is 33.5 Å². The Labute approximate surface area is 104 Å². The van der Waals surface area contributed by atoms with Crippen LogP contribution in [-0.2, 0) is 0 Å². The quantitative estimate of drug-likeness (QED) is 0.908. The predicted octanol–water partition coefficient (Wildman–Crippen LogP) is 3.56. The van der Waals surface area contributed by atoms with Crippen LogP contribution in [0.1, 0.15) is 10.4 Å². The monoisotopic (exact) mass is 313 g/mol. The normalized spacial score (nSPS) is 9.64. The number of rotatable bonds is 3. The van der Waals surface area contributed by atoms with Gasteiger partial charge in [0.1, 0.15) is 4.49 Å². The minimum Gasteiger partial charge on any atom is -0.348 e. The molecular formula is C8H6BrCl2NOS. The fourth-order valence-electron chi connectivity index (χ4n) is 0.772. The van der Waals surface area contributed by atoms with E-state index in [9.17, 15) is 4.79 Å². The molecule has 0 aliphatic rings. The molecule has 0 fully saturated rings. The van der Waals surface area contributed by atoms with Crippen molar-refractivity contribution in [3.05, 3.63) is 31.4 Å². The second kappa shape index (κ2) is 5.75. The summed E-state index contributed by atoms with van der Waals surface area (Å²) in [5.41, 5.74) is 0.620. The molecule has 0 unspecified atom stereocenters. The first-order chi connectivity index (χ1) is 6.61. The lowest BCUT2D eigenvalue weighted by molar-refractivity contribution is 0.0958. The number of carbonyl (C=O) groups is 1. The van der Waals surface area contributed by atoms with Gasteiger partial charge in [-0.25, -0.2) is 0 Å². The van der Waals surface area contributed by atoms with Gasteiger partial charge in [-0.1, -0.05) is 23.2 Å². The summed E-state index contributed by atoms with van der Waals surface area (Å²) in [6, 6.07) is 1.75. The van der Waals surface area contributed by atoms with Crippen LogP contribution in [0.15, 0.2) is 25.8 Å². The summed E-state index contributed by atoms with van der Waals surface area (Å²) >= 11 is 15.5. The molecule has 1 N–H and O–H groups in total. The molecule has 0 saturated heterocycles. The highest BCUT2D eigenvalue weighted by molar-refractivity contribution is 9.11.